The van der Waals surface area contributed by atoms with Crippen molar-refractivity contribution in [2.24, 2.45) is 0 Å². The van der Waals surface area contributed by atoms with E-state index in [0.717, 1.165) is 28.8 Å². The topological polar surface area (TPSA) is 30.0 Å². The molecule has 98 valence electrons. The Hall–Kier alpha value is -0.900. The zero-order valence-electron chi connectivity index (χ0n) is 10.2. The Labute approximate surface area is 125 Å². The number of hydrogen-bond donors (Lipinski definition) is 0. The summed E-state index contributed by atoms with van der Waals surface area (Å²) in [6, 6.07) is 3.75. The number of ketones is 1. The third-order valence-electron chi connectivity index (χ3n) is 3.51. The molecule has 3 rings (SSSR count). The third kappa shape index (κ3) is 2.31. The highest BCUT2D eigenvalue weighted by Gasteiger charge is 2.30. The van der Waals surface area contributed by atoms with Crippen LogP contribution in [-0.2, 0) is 6.42 Å². The van der Waals surface area contributed by atoms with Gasteiger partial charge in [-0.05, 0) is 42.5 Å². The molecule has 2 aromatic rings. The fourth-order valence-electron chi connectivity index (χ4n) is 2.63. The van der Waals surface area contributed by atoms with E-state index in [0.29, 0.717) is 15.1 Å². The van der Waals surface area contributed by atoms with E-state index in [-0.39, 0.29) is 11.7 Å². The molecule has 0 N–H and O–H groups in total. The predicted molar refractivity (Wildman–Crippen MR) is 78.7 cm³/mol. The summed E-state index contributed by atoms with van der Waals surface area (Å²) in [5.41, 5.74) is 3.64. The SMILES string of the molecule is Cc1ccnc2c1C(=O)C[C@@H](c1cc(Cl)sc1Cl)C2. The smallest absolute Gasteiger partial charge is 0.165 e. The van der Waals surface area contributed by atoms with Gasteiger partial charge in [-0.15, -0.1) is 11.3 Å². The van der Waals surface area contributed by atoms with Crippen molar-refractivity contribution in [2.45, 2.75) is 25.7 Å². The molecule has 2 heterocycles. The summed E-state index contributed by atoms with van der Waals surface area (Å²) < 4.78 is 1.34. The highest BCUT2D eigenvalue weighted by atomic mass is 35.5. The monoisotopic (exact) mass is 311 g/mol. The Morgan fingerprint density at radius 3 is 2.84 bits per heavy atom. The largest absolute Gasteiger partial charge is 0.294 e. The summed E-state index contributed by atoms with van der Waals surface area (Å²) in [6.07, 6.45) is 2.98. The molecule has 0 bridgehead atoms. The van der Waals surface area contributed by atoms with Gasteiger partial charge in [-0.25, -0.2) is 0 Å². The number of rotatable bonds is 1. The van der Waals surface area contributed by atoms with Crippen LogP contribution in [0.4, 0.5) is 0 Å². The first kappa shape index (κ1) is 13.1. The number of carbonyl (C=O) groups is 1. The zero-order valence-corrected chi connectivity index (χ0v) is 12.6. The van der Waals surface area contributed by atoms with Crippen molar-refractivity contribution < 1.29 is 4.79 Å². The third-order valence-corrected chi connectivity index (χ3v) is 5.03. The molecule has 0 saturated heterocycles. The minimum atomic E-state index is 0.0885. The molecule has 0 spiro atoms. The van der Waals surface area contributed by atoms with Gasteiger partial charge in [0.05, 0.1) is 14.4 Å². The standard InChI is InChI=1S/C14H11Cl2NOS/c1-7-2-3-17-10-4-8(5-11(18)13(7)10)9-6-12(15)19-14(9)16/h2-3,6,8H,4-5H2,1H3/t8-/m0/s1. The predicted octanol–water partition coefficient (Wildman–Crippen LogP) is 4.67. The lowest BCUT2D eigenvalue weighted by atomic mass is 9.81. The second-order valence-corrected chi connectivity index (χ2v) is 7.04. The van der Waals surface area contributed by atoms with E-state index in [1.165, 1.54) is 11.3 Å². The quantitative estimate of drug-likeness (QED) is 0.766. The van der Waals surface area contributed by atoms with Crippen molar-refractivity contribution in [1.82, 2.24) is 4.98 Å². The van der Waals surface area contributed by atoms with Crippen LogP contribution in [0.25, 0.3) is 0 Å². The maximum atomic E-state index is 12.3. The maximum Gasteiger partial charge on any atom is 0.165 e. The molecule has 0 amide bonds. The molecule has 0 aromatic carbocycles. The van der Waals surface area contributed by atoms with Crippen LogP contribution in [0.1, 0.15) is 39.5 Å². The summed E-state index contributed by atoms with van der Waals surface area (Å²) in [7, 11) is 0. The van der Waals surface area contributed by atoms with E-state index in [1.54, 1.807) is 6.20 Å². The van der Waals surface area contributed by atoms with Crippen LogP contribution in [0, 0.1) is 6.92 Å². The number of carbonyl (C=O) groups excluding carboxylic acids is 1. The van der Waals surface area contributed by atoms with Crippen LogP contribution >= 0.6 is 34.5 Å². The lowest BCUT2D eigenvalue weighted by molar-refractivity contribution is 0.0962. The molecular weight excluding hydrogens is 301 g/mol. The summed E-state index contributed by atoms with van der Waals surface area (Å²) in [5, 5.41) is 0. The molecule has 1 aliphatic rings. The summed E-state index contributed by atoms with van der Waals surface area (Å²) in [6.45, 7) is 1.95. The maximum absolute atomic E-state index is 12.3. The van der Waals surface area contributed by atoms with E-state index >= 15 is 0 Å². The Morgan fingerprint density at radius 1 is 1.37 bits per heavy atom. The molecule has 1 atom stereocenters. The van der Waals surface area contributed by atoms with Gasteiger partial charge in [0.1, 0.15) is 0 Å². The number of aryl methyl sites for hydroxylation is 1. The fourth-order valence-corrected chi connectivity index (χ4v) is 4.26. The van der Waals surface area contributed by atoms with Crippen LogP contribution in [0.5, 0.6) is 0 Å². The molecule has 0 saturated carbocycles. The van der Waals surface area contributed by atoms with Crippen LogP contribution < -0.4 is 0 Å². The molecule has 2 nitrogen and oxygen atoms in total. The Bertz CT molecular complexity index is 665. The highest BCUT2D eigenvalue weighted by molar-refractivity contribution is 7.20. The van der Waals surface area contributed by atoms with Gasteiger partial charge in [0.2, 0.25) is 0 Å². The van der Waals surface area contributed by atoms with Crippen LogP contribution in [0.3, 0.4) is 0 Å². The summed E-state index contributed by atoms with van der Waals surface area (Å²) in [5.74, 6) is 0.237. The van der Waals surface area contributed by atoms with Gasteiger partial charge < -0.3 is 0 Å². The Morgan fingerprint density at radius 2 is 2.16 bits per heavy atom. The van der Waals surface area contributed by atoms with Gasteiger partial charge in [0.15, 0.2) is 5.78 Å². The van der Waals surface area contributed by atoms with Crippen LogP contribution in [0.2, 0.25) is 8.67 Å². The van der Waals surface area contributed by atoms with E-state index in [9.17, 15) is 4.79 Å². The number of nitrogens with zero attached hydrogens (tertiary/aromatic N) is 1. The van der Waals surface area contributed by atoms with Crippen molar-refractivity contribution >= 4 is 40.3 Å². The molecule has 0 unspecified atom stereocenters. The molecule has 2 aromatic heterocycles. The summed E-state index contributed by atoms with van der Waals surface area (Å²) >= 11 is 13.5. The Kier molecular flexibility index (Phi) is 3.37. The van der Waals surface area contributed by atoms with Crippen molar-refractivity contribution in [1.29, 1.82) is 0 Å². The number of halogens is 2. The highest BCUT2D eigenvalue weighted by Crippen LogP contribution is 2.41. The number of pyridine rings is 1. The molecule has 1 aliphatic carbocycles. The normalized spacial score (nSPS) is 18.5. The first-order valence-corrected chi connectivity index (χ1v) is 7.56. The van der Waals surface area contributed by atoms with Crippen molar-refractivity contribution in [3.63, 3.8) is 0 Å². The molecule has 0 aliphatic heterocycles. The van der Waals surface area contributed by atoms with Gasteiger partial charge >= 0.3 is 0 Å². The van der Waals surface area contributed by atoms with Crippen LogP contribution in [-0.4, -0.2) is 10.8 Å². The van der Waals surface area contributed by atoms with Gasteiger partial charge in [-0.2, -0.15) is 0 Å². The Balaban J connectivity index is 2.02. The van der Waals surface area contributed by atoms with Gasteiger partial charge in [0.25, 0.3) is 0 Å². The minimum absolute atomic E-state index is 0.0885. The van der Waals surface area contributed by atoms with Crippen LogP contribution in [0.15, 0.2) is 18.3 Å². The first-order chi connectivity index (χ1) is 9.06. The van der Waals surface area contributed by atoms with E-state index < -0.39 is 0 Å². The molecule has 0 radical (unpaired) electrons. The number of thiophene rings is 1. The fraction of sp³-hybridized carbons (Fsp3) is 0.286. The molecule has 5 heteroatoms. The zero-order chi connectivity index (χ0) is 13.6. The average Bonchev–Trinajstić information content (AvgIpc) is 2.68. The second kappa shape index (κ2) is 4.89. The van der Waals surface area contributed by atoms with Crippen molar-refractivity contribution in [2.75, 3.05) is 0 Å². The molecular formula is C14H11Cl2NOS. The van der Waals surface area contributed by atoms with Gasteiger partial charge in [0, 0.05) is 18.2 Å². The lowest BCUT2D eigenvalue weighted by Gasteiger charge is -2.23. The number of fused-ring (bicyclic) bond motifs is 1. The number of Topliss-reactive ketones (excluding diaryl/α,β-unsaturated/α-hetero) is 1. The molecule has 19 heavy (non-hydrogen) atoms. The van der Waals surface area contributed by atoms with Crippen molar-refractivity contribution in [3.05, 3.63) is 49.4 Å². The summed E-state index contributed by atoms with van der Waals surface area (Å²) in [4.78, 5) is 16.6. The van der Waals surface area contributed by atoms with E-state index in [2.05, 4.69) is 4.98 Å². The lowest BCUT2D eigenvalue weighted by Crippen LogP contribution is -2.21. The first-order valence-electron chi connectivity index (χ1n) is 5.98. The van der Waals surface area contributed by atoms with Gasteiger partial charge in [-0.1, -0.05) is 23.2 Å². The molecule has 0 fully saturated rings. The van der Waals surface area contributed by atoms with Gasteiger partial charge in [-0.3, -0.25) is 9.78 Å². The minimum Gasteiger partial charge on any atom is -0.294 e. The van der Waals surface area contributed by atoms with Crippen molar-refractivity contribution in [3.8, 4) is 0 Å². The second-order valence-electron chi connectivity index (χ2n) is 4.76. The average molecular weight is 312 g/mol. The van der Waals surface area contributed by atoms with E-state index in [1.807, 2.05) is 19.1 Å². The number of hydrogen-bond acceptors (Lipinski definition) is 3. The number of aromatic nitrogens is 1. The van der Waals surface area contributed by atoms with E-state index in [4.69, 9.17) is 23.2 Å².